The molecule has 2 heterocycles. The molecule has 2 atom stereocenters. The number of hydrogen-bond acceptors (Lipinski definition) is 3. The minimum Gasteiger partial charge on any atom is -0.354 e. The van der Waals surface area contributed by atoms with Crippen molar-refractivity contribution in [2.75, 3.05) is 33.2 Å². The molecule has 2 unspecified atom stereocenters. The van der Waals surface area contributed by atoms with Gasteiger partial charge in [0.25, 0.3) is 0 Å². The molecule has 2 saturated heterocycles. The summed E-state index contributed by atoms with van der Waals surface area (Å²) >= 11 is 0. The van der Waals surface area contributed by atoms with Crippen LogP contribution in [0.2, 0.25) is 0 Å². The van der Waals surface area contributed by atoms with E-state index in [0.717, 1.165) is 32.6 Å². The number of likely N-dealkylation sites (N-methyl/N-ethyl adjacent to an activating group) is 1. The second kappa shape index (κ2) is 4.49. The lowest BCUT2D eigenvalue weighted by Gasteiger charge is -2.40. The number of hydrogen-bond donors (Lipinski definition) is 1. The first-order valence-corrected chi connectivity index (χ1v) is 5.87. The molecule has 15 heavy (non-hydrogen) atoms. The van der Waals surface area contributed by atoms with Gasteiger partial charge in [-0.15, -0.1) is 0 Å². The second-order valence-corrected chi connectivity index (χ2v) is 4.90. The molecule has 0 saturated carbocycles. The molecule has 2 rings (SSSR count). The first-order valence-electron chi connectivity index (χ1n) is 5.87. The van der Waals surface area contributed by atoms with Crippen molar-refractivity contribution in [1.29, 1.82) is 0 Å². The van der Waals surface area contributed by atoms with Gasteiger partial charge in [0.15, 0.2) is 0 Å². The third-order valence-corrected chi connectivity index (χ3v) is 3.51. The van der Waals surface area contributed by atoms with Crippen LogP contribution in [0.5, 0.6) is 0 Å². The molecule has 0 aromatic heterocycles. The molecule has 1 N–H and O–H groups in total. The van der Waals surface area contributed by atoms with Crippen molar-refractivity contribution in [3.8, 4) is 0 Å². The number of nitrogens with zero attached hydrogens (tertiary/aromatic N) is 2. The molecule has 0 spiro atoms. The summed E-state index contributed by atoms with van der Waals surface area (Å²) < 4.78 is 0. The van der Waals surface area contributed by atoms with Crippen molar-refractivity contribution in [2.24, 2.45) is 0 Å². The normalized spacial score (nSPS) is 35.2. The molecular weight excluding hydrogens is 190 g/mol. The SMILES string of the molecule is CC1CC(N2CCN(C)CC2)CC(=O)N1. The first-order chi connectivity index (χ1) is 7.15. The lowest BCUT2D eigenvalue weighted by molar-refractivity contribution is -0.125. The van der Waals surface area contributed by atoms with Crippen LogP contribution in [0.3, 0.4) is 0 Å². The number of piperidine rings is 1. The minimum absolute atomic E-state index is 0.220. The third kappa shape index (κ3) is 2.69. The van der Waals surface area contributed by atoms with Crippen molar-refractivity contribution >= 4 is 5.91 Å². The molecule has 4 nitrogen and oxygen atoms in total. The predicted molar refractivity (Wildman–Crippen MR) is 59.7 cm³/mol. The van der Waals surface area contributed by atoms with Gasteiger partial charge in [-0.25, -0.2) is 0 Å². The van der Waals surface area contributed by atoms with Crippen molar-refractivity contribution in [1.82, 2.24) is 15.1 Å². The lowest BCUT2D eigenvalue weighted by atomic mass is 9.98. The molecular formula is C11H21N3O. The summed E-state index contributed by atoms with van der Waals surface area (Å²) in [6.07, 6.45) is 1.80. The topological polar surface area (TPSA) is 35.6 Å². The summed E-state index contributed by atoms with van der Waals surface area (Å²) in [6.45, 7) is 6.58. The van der Waals surface area contributed by atoms with Crippen LogP contribution < -0.4 is 5.32 Å². The van der Waals surface area contributed by atoms with Crippen molar-refractivity contribution in [3.05, 3.63) is 0 Å². The summed E-state index contributed by atoms with van der Waals surface area (Å²) in [7, 11) is 2.16. The number of piperazine rings is 1. The van der Waals surface area contributed by atoms with Gasteiger partial charge in [-0.2, -0.15) is 0 Å². The van der Waals surface area contributed by atoms with E-state index in [4.69, 9.17) is 0 Å². The Morgan fingerprint density at radius 3 is 2.53 bits per heavy atom. The largest absolute Gasteiger partial charge is 0.354 e. The Bertz CT molecular complexity index is 236. The van der Waals surface area contributed by atoms with E-state index in [1.807, 2.05) is 0 Å². The molecule has 2 aliphatic heterocycles. The molecule has 0 aromatic carbocycles. The van der Waals surface area contributed by atoms with E-state index in [2.05, 4.69) is 29.1 Å². The monoisotopic (exact) mass is 211 g/mol. The average molecular weight is 211 g/mol. The van der Waals surface area contributed by atoms with Crippen molar-refractivity contribution in [3.63, 3.8) is 0 Å². The van der Waals surface area contributed by atoms with Crippen LogP contribution in [0.25, 0.3) is 0 Å². The molecule has 0 aromatic rings. The zero-order valence-corrected chi connectivity index (χ0v) is 9.70. The van der Waals surface area contributed by atoms with Crippen LogP contribution >= 0.6 is 0 Å². The molecule has 4 heteroatoms. The van der Waals surface area contributed by atoms with Crippen LogP contribution in [0.15, 0.2) is 0 Å². The summed E-state index contributed by atoms with van der Waals surface area (Å²) in [5.41, 5.74) is 0. The Balaban J connectivity index is 1.89. The van der Waals surface area contributed by atoms with Gasteiger partial charge in [0.05, 0.1) is 0 Å². The maximum Gasteiger partial charge on any atom is 0.221 e. The van der Waals surface area contributed by atoms with Crippen LogP contribution in [0, 0.1) is 0 Å². The van der Waals surface area contributed by atoms with Gasteiger partial charge in [-0.3, -0.25) is 9.69 Å². The highest BCUT2D eigenvalue weighted by Gasteiger charge is 2.29. The zero-order chi connectivity index (χ0) is 10.8. The van der Waals surface area contributed by atoms with Gasteiger partial charge >= 0.3 is 0 Å². The molecule has 0 bridgehead atoms. The first kappa shape index (κ1) is 10.9. The Labute approximate surface area is 91.6 Å². The van der Waals surface area contributed by atoms with Crippen molar-refractivity contribution < 1.29 is 4.79 Å². The van der Waals surface area contributed by atoms with E-state index in [0.29, 0.717) is 18.5 Å². The maximum atomic E-state index is 11.4. The van der Waals surface area contributed by atoms with Gasteiger partial charge in [-0.05, 0) is 20.4 Å². The molecule has 2 fully saturated rings. The highest BCUT2D eigenvalue weighted by atomic mass is 16.1. The second-order valence-electron chi connectivity index (χ2n) is 4.90. The summed E-state index contributed by atoms with van der Waals surface area (Å²) in [5.74, 6) is 0.220. The fraction of sp³-hybridized carbons (Fsp3) is 0.909. The Kier molecular flexibility index (Phi) is 3.26. The van der Waals surface area contributed by atoms with Crippen LogP contribution in [-0.4, -0.2) is 61.0 Å². The summed E-state index contributed by atoms with van der Waals surface area (Å²) in [6, 6.07) is 0.818. The van der Waals surface area contributed by atoms with E-state index in [1.54, 1.807) is 0 Å². The highest BCUT2D eigenvalue weighted by molar-refractivity contribution is 5.77. The molecule has 2 aliphatic rings. The Morgan fingerprint density at radius 1 is 1.27 bits per heavy atom. The van der Waals surface area contributed by atoms with E-state index >= 15 is 0 Å². The van der Waals surface area contributed by atoms with Gasteiger partial charge in [-0.1, -0.05) is 0 Å². The number of carbonyl (C=O) groups is 1. The van der Waals surface area contributed by atoms with Crippen LogP contribution in [-0.2, 0) is 4.79 Å². The fourth-order valence-electron chi connectivity index (χ4n) is 2.56. The predicted octanol–water partition coefficient (Wildman–Crippen LogP) is -0.0991. The quantitative estimate of drug-likeness (QED) is 0.658. The third-order valence-electron chi connectivity index (χ3n) is 3.51. The molecule has 86 valence electrons. The minimum atomic E-state index is 0.220. The van der Waals surface area contributed by atoms with E-state index in [-0.39, 0.29) is 5.91 Å². The Hall–Kier alpha value is -0.610. The molecule has 1 amide bonds. The Morgan fingerprint density at radius 2 is 1.93 bits per heavy atom. The van der Waals surface area contributed by atoms with Gasteiger partial charge in [0, 0.05) is 44.7 Å². The van der Waals surface area contributed by atoms with Crippen LogP contribution in [0.1, 0.15) is 19.8 Å². The highest BCUT2D eigenvalue weighted by Crippen LogP contribution is 2.17. The number of nitrogens with one attached hydrogen (secondary N) is 1. The van der Waals surface area contributed by atoms with Crippen molar-refractivity contribution in [2.45, 2.75) is 31.8 Å². The van der Waals surface area contributed by atoms with Crippen LogP contribution in [0.4, 0.5) is 0 Å². The van der Waals surface area contributed by atoms with Gasteiger partial charge < -0.3 is 10.2 Å². The van der Waals surface area contributed by atoms with Gasteiger partial charge in [0.2, 0.25) is 5.91 Å². The maximum absolute atomic E-state index is 11.4. The fourth-order valence-corrected chi connectivity index (χ4v) is 2.56. The summed E-state index contributed by atoms with van der Waals surface area (Å²) in [5, 5.41) is 2.98. The zero-order valence-electron chi connectivity index (χ0n) is 9.70. The smallest absolute Gasteiger partial charge is 0.221 e. The summed E-state index contributed by atoms with van der Waals surface area (Å²) in [4.78, 5) is 16.3. The number of carbonyl (C=O) groups excluding carboxylic acids is 1. The standard InChI is InChI=1S/C11H21N3O/c1-9-7-10(8-11(15)12-9)14-5-3-13(2)4-6-14/h9-10H,3-8H2,1-2H3,(H,12,15). The van der Waals surface area contributed by atoms with E-state index in [9.17, 15) is 4.79 Å². The number of rotatable bonds is 1. The lowest BCUT2D eigenvalue weighted by Crippen LogP contribution is -2.54. The molecule has 0 aliphatic carbocycles. The molecule has 0 radical (unpaired) electrons. The average Bonchev–Trinajstić information content (AvgIpc) is 2.17. The van der Waals surface area contributed by atoms with E-state index in [1.165, 1.54) is 0 Å². The number of amides is 1. The van der Waals surface area contributed by atoms with Gasteiger partial charge in [0.1, 0.15) is 0 Å². The van der Waals surface area contributed by atoms with E-state index < -0.39 is 0 Å².